The van der Waals surface area contributed by atoms with Crippen LogP contribution in [-0.4, -0.2) is 10.2 Å². The highest BCUT2D eigenvalue weighted by molar-refractivity contribution is 5.32. The lowest BCUT2D eigenvalue weighted by Crippen LogP contribution is -2.20. The fourth-order valence-electron chi connectivity index (χ4n) is 2.08. The summed E-state index contributed by atoms with van der Waals surface area (Å²) in [4.78, 5) is 0. The maximum absolute atomic E-state index is 13.6. The number of aliphatic hydroxyl groups excluding tert-OH is 2. The van der Waals surface area contributed by atoms with Gasteiger partial charge in [-0.25, -0.2) is 43.9 Å². The predicted octanol–water partition coefficient (Wildman–Crippen LogP) is 3.84. The zero-order chi connectivity index (χ0) is 20.1. The van der Waals surface area contributed by atoms with Gasteiger partial charge >= 0.3 is 0 Å². The number of hydrogen-bond acceptors (Lipinski definition) is 2. The minimum atomic E-state index is -3.27. The second-order valence-corrected chi connectivity index (χ2v) is 4.86. The van der Waals surface area contributed by atoms with Gasteiger partial charge in [0.15, 0.2) is 46.5 Å². The van der Waals surface area contributed by atoms with Crippen LogP contribution in [0.1, 0.15) is 23.3 Å². The summed E-state index contributed by atoms with van der Waals surface area (Å²) in [7, 11) is 0. The quantitative estimate of drug-likeness (QED) is 0.472. The molecule has 0 aromatic heterocycles. The molecule has 2 N–H and O–H groups in total. The molecule has 0 aliphatic carbocycles. The van der Waals surface area contributed by atoms with Gasteiger partial charge in [0.05, 0.1) is 11.1 Å². The Hall–Kier alpha value is -2.34. The molecule has 142 valence electrons. The van der Waals surface area contributed by atoms with Crippen molar-refractivity contribution in [1.29, 1.82) is 0 Å². The molecule has 2 aromatic carbocycles. The molecule has 0 unspecified atom stereocenters. The van der Waals surface area contributed by atoms with Gasteiger partial charge in [-0.3, -0.25) is 0 Å². The molecular weight excluding hydrogens is 390 g/mol. The Morgan fingerprint density at radius 3 is 0.692 bits per heavy atom. The normalized spacial score (nSPS) is 13.8. The maximum Gasteiger partial charge on any atom is 0.200 e. The number of halogens is 10. The van der Waals surface area contributed by atoms with Crippen LogP contribution in [0.25, 0.3) is 0 Å². The highest BCUT2D eigenvalue weighted by atomic mass is 19.2. The molecule has 0 heterocycles. The number of hydrogen-bond donors (Lipinski definition) is 2. The number of aliphatic hydroxyl groups is 2. The van der Waals surface area contributed by atoms with Crippen LogP contribution in [0.2, 0.25) is 0 Å². The van der Waals surface area contributed by atoms with Crippen LogP contribution in [0.3, 0.4) is 0 Å². The van der Waals surface area contributed by atoms with Crippen molar-refractivity contribution < 1.29 is 54.1 Å². The highest BCUT2D eigenvalue weighted by Gasteiger charge is 2.38. The molecule has 0 saturated heterocycles. The van der Waals surface area contributed by atoms with Gasteiger partial charge in [-0.1, -0.05) is 0 Å². The largest absolute Gasteiger partial charge is 0.385 e. The summed E-state index contributed by atoms with van der Waals surface area (Å²) >= 11 is 0. The smallest absolute Gasteiger partial charge is 0.200 e. The van der Waals surface area contributed by atoms with Gasteiger partial charge in [0.1, 0.15) is 12.2 Å². The van der Waals surface area contributed by atoms with Crippen molar-refractivity contribution in [3.8, 4) is 0 Å². The molecule has 2 aromatic rings. The van der Waals surface area contributed by atoms with E-state index in [1.165, 1.54) is 0 Å². The van der Waals surface area contributed by atoms with Crippen molar-refractivity contribution in [2.45, 2.75) is 12.2 Å². The van der Waals surface area contributed by atoms with E-state index in [2.05, 4.69) is 0 Å². The number of benzene rings is 2. The first-order chi connectivity index (χ1) is 11.9. The van der Waals surface area contributed by atoms with Crippen LogP contribution in [0.15, 0.2) is 0 Å². The highest BCUT2D eigenvalue weighted by Crippen LogP contribution is 2.38. The number of rotatable bonds is 3. The minimum Gasteiger partial charge on any atom is -0.385 e. The molecule has 2 atom stereocenters. The lowest BCUT2D eigenvalue weighted by Gasteiger charge is -2.21. The minimum absolute atomic E-state index is 2.13. The van der Waals surface area contributed by atoms with Crippen LogP contribution in [0, 0.1) is 58.2 Å². The standard InChI is InChI=1S/C14H4F10O2/c15-3-1(4(16)8(20)11(23)7(3)19)13(25)14(26)2-5(17)9(21)12(24)10(22)6(2)18/h13-14,25-26H/t13-,14-/m0/s1. The van der Waals surface area contributed by atoms with Crippen molar-refractivity contribution in [2.24, 2.45) is 0 Å². The van der Waals surface area contributed by atoms with Gasteiger partial charge in [-0.15, -0.1) is 0 Å². The van der Waals surface area contributed by atoms with E-state index in [0.717, 1.165) is 0 Å². The maximum atomic E-state index is 13.6. The van der Waals surface area contributed by atoms with Crippen LogP contribution in [0.5, 0.6) is 0 Å². The van der Waals surface area contributed by atoms with Crippen molar-refractivity contribution in [3.05, 3.63) is 69.3 Å². The molecule has 2 nitrogen and oxygen atoms in total. The van der Waals surface area contributed by atoms with Gasteiger partial charge in [-0.2, -0.15) is 0 Å². The van der Waals surface area contributed by atoms with Crippen LogP contribution in [0.4, 0.5) is 43.9 Å². The molecular formula is C14H4F10O2. The van der Waals surface area contributed by atoms with E-state index in [1.54, 1.807) is 0 Å². The molecule has 0 radical (unpaired) electrons. The molecule has 12 heteroatoms. The van der Waals surface area contributed by atoms with E-state index in [4.69, 9.17) is 0 Å². The SMILES string of the molecule is O[C@@H](c1c(F)c(F)c(F)c(F)c1F)[C@@H](O)c1c(F)c(F)c(F)c(F)c1F. The summed E-state index contributed by atoms with van der Waals surface area (Å²) in [6.45, 7) is 0. The second kappa shape index (κ2) is 6.76. The topological polar surface area (TPSA) is 40.5 Å². The monoisotopic (exact) mass is 394 g/mol. The summed E-state index contributed by atoms with van der Waals surface area (Å²) in [6.07, 6.45) is -6.54. The Kier molecular flexibility index (Phi) is 5.19. The molecule has 2 rings (SSSR count). The summed E-state index contributed by atoms with van der Waals surface area (Å²) in [5.74, 6) is -26.2. The van der Waals surface area contributed by atoms with Crippen molar-refractivity contribution in [2.75, 3.05) is 0 Å². The average molecular weight is 394 g/mol. The third-order valence-corrected chi connectivity index (χ3v) is 3.38. The first-order valence-corrected chi connectivity index (χ1v) is 6.32. The predicted molar refractivity (Wildman–Crippen MR) is 62.4 cm³/mol. The van der Waals surface area contributed by atoms with E-state index in [1.807, 2.05) is 0 Å². The summed E-state index contributed by atoms with van der Waals surface area (Å²) in [5.41, 5.74) is -4.25. The van der Waals surface area contributed by atoms with E-state index >= 15 is 0 Å². The summed E-state index contributed by atoms with van der Waals surface area (Å²) in [5, 5.41) is 19.2. The summed E-state index contributed by atoms with van der Waals surface area (Å²) in [6, 6.07) is 0. The molecule has 0 fully saturated rings. The fourth-order valence-corrected chi connectivity index (χ4v) is 2.08. The van der Waals surface area contributed by atoms with Gasteiger partial charge in [0.25, 0.3) is 0 Å². The van der Waals surface area contributed by atoms with Gasteiger partial charge in [0, 0.05) is 0 Å². The fraction of sp³-hybridized carbons (Fsp3) is 0.143. The average Bonchev–Trinajstić information content (AvgIpc) is 2.61. The first-order valence-electron chi connectivity index (χ1n) is 6.32. The molecule has 0 aliphatic rings. The molecule has 0 spiro atoms. The van der Waals surface area contributed by atoms with Crippen LogP contribution < -0.4 is 0 Å². The third-order valence-electron chi connectivity index (χ3n) is 3.38. The van der Waals surface area contributed by atoms with Gasteiger partial charge in [0.2, 0.25) is 11.6 Å². The lowest BCUT2D eigenvalue weighted by molar-refractivity contribution is 0.00639. The Balaban J connectivity index is 2.69. The van der Waals surface area contributed by atoms with Crippen molar-refractivity contribution in [3.63, 3.8) is 0 Å². The van der Waals surface area contributed by atoms with Gasteiger partial charge in [-0.05, 0) is 0 Å². The second-order valence-electron chi connectivity index (χ2n) is 4.86. The van der Waals surface area contributed by atoms with Crippen LogP contribution in [-0.2, 0) is 0 Å². The van der Waals surface area contributed by atoms with Crippen molar-refractivity contribution >= 4 is 0 Å². The molecule has 0 aliphatic heterocycles. The molecule has 26 heavy (non-hydrogen) atoms. The Morgan fingerprint density at radius 2 is 0.500 bits per heavy atom. The Labute approximate surface area is 136 Å². The zero-order valence-electron chi connectivity index (χ0n) is 11.8. The zero-order valence-corrected chi connectivity index (χ0v) is 11.8. The Morgan fingerprint density at radius 1 is 0.346 bits per heavy atom. The molecule has 0 amide bonds. The third kappa shape index (κ3) is 2.78. The molecule has 0 bridgehead atoms. The van der Waals surface area contributed by atoms with E-state index in [0.29, 0.717) is 0 Å². The molecule has 0 saturated carbocycles. The van der Waals surface area contributed by atoms with E-state index in [-0.39, 0.29) is 0 Å². The van der Waals surface area contributed by atoms with Crippen LogP contribution >= 0.6 is 0 Å². The van der Waals surface area contributed by atoms with Crippen molar-refractivity contribution in [1.82, 2.24) is 0 Å². The lowest BCUT2D eigenvalue weighted by atomic mass is 9.95. The van der Waals surface area contributed by atoms with E-state index in [9.17, 15) is 54.1 Å². The van der Waals surface area contributed by atoms with Gasteiger partial charge < -0.3 is 10.2 Å². The first kappa shape index (κ1) is 20.0. The van der Waals surface area contributed by atoms with E-state index < -0.39 is 81.5 Å². The summed E-state index contributed by atoms with van der Waals surface area (Å²) < 4.78 is 133. The Bertz CT molecular complexity index is 767.